The predicted molar refractivity (Wildman–Crippen MR) is 120 cm³/mol. The Kier molecular flexibility index (Phi) is 7.14. The third kappa shape index (κ3) is 5.82. The Bertz CT molecular complexity index is 1200. The van der Waals surface area contributed by atoms with Gasteiger partial charge in [0.2, 0.25) is 0 Å². The number of carbonyl (C=O) groups is 1. The lowest BCUT2D eigenvalue weighted by molar-refractivity contribution is 0.0734. The van der Waals surface area contributed by atoms with E-state index in [-0.39, 0.29) is 10.6 Å². The molecular formula is C20H13BrCl2N2O4S. The molecule has 0 bridgehead atoms. The molecule has 30 heavy (non-hydrogen) atoms. The third-order valence-electron chi connectivity index (χ3n) is 3.75. The van der Waals surface area contributed by atoms with Crippen LogP contribution in [0, 0.1) is 0 Å². The molecule has 0 amide bonds. The Morgan fingerprint density at radius 1 is 0.967 bits per heavy atom. The highest BCUT2D eigenvalue weighted by molar-refractivity contribution is 9.10. The summed E-state index contributed by atoms with van der Waals surface area (Å²) in [5.41, 5.74) is 0.694. The minimum atomic E-state index is -3.88. The summed E-state index contributed by atoms with van der Waals surface area (Å²) in [6.07, 6.45) is 1.24. The highest BCUT2D eigenvalue weighted by Gasteiger charge is 2.14. The number of ether oxygens (including phenoxy) is 1. The van der Waals surface area contributed by atoms with E-state index in [4.69, 9.17) is 27.9 Å². The molecule has 3 aromatic carbocycles. The van der Waals surface area contributed by atoms with E-state index in [2.05, 4.69) is 25.9 Å². The first-order valence-corrected chi connectivity index (χ1v) is 11.4. The van der Waals surface area contributed by atoms with Crippen molar-refractivity contribution < 1.29 is 17.9 Å². The average molecular weight is 528 g/mol. The van der Waals surface area contributed by atoms with E-state index >= 15 is 0 Å². The molecule has 154 valence electrons. The Labute approximate surface area is 191 Å². The molecule has 0 saturated heterocycles. The maximum atomic E-state index is 12.4. The molecule has 0 heterocycles. The lowest BCUT2D eigenvalue weighted by Crippen LogP contribution is -2.18. The Hall–Kier alpha value is -2.39. The summed E-state index contributed by atoms with van der Waals surface area (Å²) >= 11 is 14.9. The number of sulfonamides is 1. The number of carbonyl (C=O) groups excluding carboxylic acids is 1. The van der Waals surface area contributed by atoms with Gasteiger partial charge < -0.3 is 4.74 Å². The highest BCUT2D eigenvalue weighted by atomic mass is 79.9. The van der Waals surface area contributed by atoms with Crippen LogP contribution in [0.4, 0.5) is 0 Å². The van der Waals surface area contributed by atoms with Crippen molar-refractivity contribution in [1.82, 2.24) is 4.83 Å². The Balaban J connectivity index is 1.78. The molecule has 0 radical (unpaired) electrons. The number of nitrogens with zero attached hydrogens (tertiary/aromatic N) is 1. The normalized spacial score (nSPS) is 11.4. The SMILES string of the molecule is O=C(Oc1ccc(Br)cc1/C=N/NS(=O)(=O)c1ccc(Cl)cc1)c1ccc(Cl)cc1. The summed E-state index contributed by atoms with van der Waals surface area (Å²) in [6.45, 7) is 0. The minimum Gasteiger partial charge on any atom is -0.422 e. The van der Waals surface area contributed by atoms with Gasteiger partial charge in [0.15, 0.2) is 0 Å². The quantitative estimate of drug-likeness (QED) is 0.204. The van der Waals surface area contributed by atoms with Gasteiger partial charge in [-0.05, 0) is 66.7 Å². The van der Waals surface area contributed by atoms with Crippen molar-refractivity contribution >= 4 is 61.3 Å². The number of hydrogen-bond acceptors (Lipinski definition) is 5. The first kappa shape index (κ1) is 22.3. The highest BCUT2D eigenvalue weighted by Crippen LogP contribution is 2.23. The van der Waals surface area contributed by atoms with Gasteiger partial charge in [-0.2, -0.15) is 13.5 Å². The Morgan fingerprint density at radius 2 is 1.57 bits per heavy atom. The topological polar surface area (TPSA) is 84.8 Å². The molecule has 0 atom stereocenters. The van der Waals surface area contributed by atoms with Gasteiger partial charge in [-0.1, -0.05) is 39.1 Å². The molecular weight excluding hydrogens is 515 g/mol. The summed E-state index contributed by atoms with van der Waals surface area (Å²) < 4.78 is 30.7. The predicted octanol–water partition coefficient (Wildman–Crippen LogP) is 5.29. The van der Waals surface area contributed by atoms with Crippen LogP contribution < -0.4 is 9.57 Å². The summed E-state index contributed by atoms with van der Waals surface area (Å²) in [6, 6.07) is 16.7. The van der Waals surface area contributed by atoms with Crippen molar-refractivity contribution in [1.29, 1.82) is 0 Å². The van der Waals surface area contributed by atoms with E-state index in [1.165, 1.54) is 42.6 Å². The molecule has 0 aliphatic heterocycles. The third-order valence-corrected chi connectivity index (χ3v) is 5.99. The number of hydrogen-bond donors (Lipinski definition) is 1. The standard InChI is InChI=1S/C20H13BrCl2N2O4S/c21-15-3-10-19(29-20(26)13-1-4-16(22)5-2-13)14(11-15)12-24-25-30(27,28)18-8-6-17(23)7-9-18/h1-12,25H/b24-12+. The van der Waals surface area contributed by atoms with Crippen LogP contribution in [0.25, 0.3) is 0 Å². The van der Waals surface area contributed by atoms with E-state index in [0.717, 1.165) is 0 Å². The van der Waals surface area contributed by atoms with Crippen molar-refractivity contribution in [2.45, 2.75) is 4.90 Å². The zero-order valence-corrected chi connectivity index (χ0v) is 19.0. The number of halogens is 3. The lowest BCUT2D eigenvalue weighted by atomic mass is 10.2. The zero-order valence-electron chi connectivity index (χ0n) is 15.1. The Morgan fingerprint density at radius 3 is 2.20 bits per heavy atom. The van der Waals surface area contributed by atoms with Crippen LogP contribution in [0.15, 0.2) is 81.2 Å². The van der Waals surface area contributed by atoms with Gasteiger partial charge in [-0.25, -0.2) is 9.63 Å². The van der Waals surface area contributed by atoms with Crippen molar-refractivity contribution in [3.63, 3.8) is 0 Å². The first-order valence-electron chi connectivity index (χ1n) is 8.32. The van der Waals surface area contributed by atoms with Crippen molar-refractivity contribution in [2.75, 3.05) is 0 Å². The zero-order chi connectivity index (χ0) is 21.7. The van der Waals surface area contributed by atoms with Crippen LogP contribution in [0.2, 0.25) is 10.0 Å². The molecule has 0 aromatic heterocycles. The maximum Gasteiger partial charge on any atom is 0.343 e. The number of rotatable bonds is 6. The molecule has 1 N–H and O–H groups in total. The lowest BCUT2D eigenvalue weighted by Gasteiger charge is -2.08. The monoisotopic (exact) mass is 526 g/mol. The fourth-order valence-corrected chi connectivity index (χ4v) is 3.71. The largest absolute Gasteiger partial charge is 0.422 e. The molecule has 10 heteroatoms. The second-order valence-electron chi connectivity index (χ2n) is 5.89. The van der Waals surface area contributed by atoms with Crippen LogP contribution in [-0.4, -0.2) is 20.6 Å². The van der Waals surface area contributed by atoms with Crippen molar-refractivity contribution in [2.24, 2.45) is 5.10 Å². The van der Waals surface area contributed by atoms with E-state index in [0.29, 0.717) is 25.6 Å². The molecule has 3 rings (SSSR count). The van der Waals surface area contributed by atoms with Gasteiger partial charge in [-0.3, -0.25) is 0 Å². The molecule has 0 spiro atoms. The second kappa shape index (κ2) is 9.61. The van der Waals surface area contributed by atoms with E-state index in [1.54, 1.807) is 30.3 Å². The number of hydrazone groups is 1. The van der Waals surface area contributed by atoms with Crippen LogP contribution in [0.5, 0.6) is 5.75 Å². The van der Waals surface area contributed by atoms with Crippen molar-refractivity contribution in [3.05, 3.63) is 92.4 Å². The van der Waals surface area contributed by atoms with Gasteiger partial charge in [0.25, 0.3) is 10.0 Å². The van der Waals surface area contributed by atoms with Gasteiger partial charge in [0, 0.05) is 20.1 Å². The summed E-state index contributed by atoms with van der Waals surface area (Å²) in [7, 11) is -3.88. The maximum absolute atomic E-state index is 12.4. The second-order valence-corrected chi connectivity index (χ2v) is 9.33. The molecule has 0 aliphatic carbocycles. The molecule has 3 aromatic rings. The van der Waals surface area contributed by atoms with Gasteiger partial charge in [0.1, 0.15) is 5.75 Å². The fourth-order valence-electron chi connectivity index (χ4n) is 2.29. The summed E-state index contributed by atoms with van der Waals surface area (Å²) in [4.78, 5) is 14.5. The van der Waals surface area contributed by atoms with Crippen LogP contribution in [0.3, 0.4) is 0 Å². The minimum absolute atomic E-state index is 0.00711. The molecule has 6 nitrogen and oxygen atoms in total. The first-order chi connectivity index (χ1) is 14.2. The van der Waals surface area contributed by atoms with Gasteiger partial charge in [-0.15, -0.1) is 0 Å². The molecule has 0 aliphatic rings. The number of benzene rings is 3. The van der Waals surface area contributed by atoms with E-state index in [9.17, 15) is 13.2 Å². The number of esters is 1. The molecule has 0 fully saturated rings. The summed E-state index contributed by atoms with van der Waals surface area (Å²) in [5.74, 6) is -0.391. The average Bonchev–Trinajstić information content (AvgIpc) is 2.70. The fraction of sp³-hybridized carbons (Fsp3) is 0. The molecule has 0 unspecified atom stereocenters. The van der Waals surface area contributed by atoms with E-state index < -0.39 is 16.0 Å². The van der Waals surface area contributed by atoms with Gasteiger partial charge >= 0.3 is 5.97 Å². The number of nitrogens with one attached hydrogen (secondary N) is 1. The smallest absolute Gasteiger partial charge is 0.343 e. The van der Waals surface area contributed by atoms with Crippen LogP contribution >= 0.6 is 39.1 Å². The van der Waals surface area contributed by atoms with Gasteiger partial charge in [0.05, 0.1) is 16.7 Å². The van der Waals surface area contributed by atoms with Crippen LogP contribution in [0.1, 0.15) is 15.9 Å². The summed E-state index contributed by atoms with van der Waals surface area (Å²) in [5, 5.41) is 4.69. The molecule has 0 saturated carbocycles. The van der Waals surface area contributed by atoms with Crippen molar-refractivity contribution in [3.8, 4) is 5.75 Å². The van der Waals surface area contributed by atoms with Crippen LogP contribution in [-0.2, 0) is 10.0 Å². The van der Waals surface area contributed by atoms with E-state index in [1.807, 2.05) is 0 Å².